The zero-order valence-corrected chi connectivity index (χ0v) is 11.7. The third-order valence-electron chi connectivity index (χ3n) is 4.22. The van der Waals surface area contributed by atoms with Gasteiger partial charge in [0, 0.05) is 32.7 Å². The van der Waals surface area contributed by atoms with E-state index >= 15 is 0 Å². The van der Waals surface area contributed by atoms with Crippen molar-refractivity contribution in [3.63, 3.8) is 0 Å². The highest BCUT2D eigenvalue weighted by atomic mass is 15.3. The maximum absolute atomic E-state index is 3.52. The number of nitrogens with zero attached hydrogens (tertiary/aromatic N) is 2. The molecule has 1 aromatic carbocycles. The van der Waals surface area contributed by atoms with Crippen molar-refractivity contribution in [2.24, 2.45) is 0 Å². The van der Waals surface area contributed by atoms with E-state index in [4.69, 9.17) is 0 Å². The Morgan fingerprint density at radius 2 is 2.17 bits per heavy atom. The minimum Gasteiger partial charge on any atom is -0.368 e. The van der Waals surface area contributed by atoms with Gasteiger partial charge in [0.15, 0.2) is 0 Å². The number of nitrogens with one attached hydrogen (secondary N) is 1. The van der Waals surface area contributed by atoms with Crippen LogP contribution in [-0.2, 0) is 0 Å². The van der Waals surface area contributed by atoms with Gasteiger partial charge in [-0.2, -0.15) is 0 Å². The summed E-state index contributed by atoms with van der Waals surface area (Å²) in [6.45, 7) is 12.3. The summed E-state index contributed by atoms with van der Waals surface area (Å²) in [6, 6.07) is 5.30. The lowest BCUT2D eigenvalue weighted by molar-refractivity contribution is 0.460. The summed E-state index contributed by atoms with van der Waals surface area (Å²) in [7, 11) is 0. The number of hydrogen-bond donors (Lipinski definition) is 1. The van der Waals surface area contributed by atoms with Crippen molar-refractivity contribution in [1.82, 2.24) is 5.32 Å². The molecule has 1 unspecified atom stereocenters. The molecule has 1 atom stereocenters. The fourth-order valence-electron chi connectivity index (χ4n) is 3.42. The van der Waals surface area contributed by atoms with E-state index in [0.29, 0.717) is 6.04 Å². The summed E-state index contributed by atoms with van der Waals surface area (Å²) in [5, 5.41) is 3.52. The van der Waals surface area contributed by atoms with Crippen LogP contribution in [0.5, 0.6) is 0 Å². The number of hydrogen-bond acceptors (Lipinski definition) is 3. The SMILES string of the molecule is CCN1CC2CNCCN2c2c(C)cc(C)cc21. The van der Waals surface area contributed by atoms with Gasteiger partial charge in [0.1, 0.15) is 0 Å². The fraction of sp³-hybridized carbons (Fsp3) is 0.600. The first-order valence-electron chi connectivity index (χ1n) is 7.04. The van der Waals surface area contributed by atoms with E-state index < -0.39 is 0 Å². The van der Waals surface area contributed by atoms with Crippen molar-refractivity contribution in [1.29, 1.82) is 0 Å². The molecule has 0 aromatic heterocycles. The first kappa shape index (κ1) is 11.8. The first-order chi connectivity index (χ1) is 8.70. The van der Waals surface area contributed by atoms with Crippen molar-refractivity contribution in [2.45, 2.75) is 26.8 Å². The minimum atomic E-state index is 0.632. The van der Waals surface area contributed by atoms with Crippen LogP contribution in [0, 0.1) is 13.8 Å². The molecule has 1 N–H and O–H groups in total. The first-order valence-corrected chi connectivity index (χ1v) is 7.04. The average molecular weight is 245 g/mol. The molecule has 0 spiro atoms. The van der Waals surface area contributed by atoms with Gasteiger partial charge in [-0.15, -0.1) is 0 Å². The Morgan fingerprint density at radius 3 is 2.94 bits per heavy atom. The highest BCUT2D eigenvalue weighted by Crippen LogP contribution is 2.39. The number of likely N-dealkylation sites (N-methyl/N-ethyl adjacent to an activating group) is 1. The lowest BCUT2D eigenvalue weighted by Gasteiger charge is -2.47. The number of fused-ring (bicyclic) bond motifs is 3. The molecule has 2 aliphatic rings. The largest absolute Gasteiger partial charge is 0.368 e. The zero-order chi connectivity index (χ0) is 12.7. The van der Waals surface area contributed by atoms with Crippen LogP contribution in [0.4, 0.5) is 11.4 Å². The van der Waals surface area contributed by atoms with E-state index in [1.807, 2.05) is 0 Å². The molecule has 18 heavy (non-hydrogen) atoms. The van der Waals surface area contributed by atoms with Crippen LogP contribution in [-0.4, -0.2) is 38.8 Å². The lowest BCUT2D eigenvalue weighted by Crippen LogP contribution is -2.59. The standard InChI is InChI=1S/C15H23N3/c1-4-17-10-13-9-16-5-6-18(13)15-12(3)7-11(2)8-14(15)17/h7-8,13,16H,4-6,9-10H2,1-3H3. The Hall–Kier alpha value is -1.22. The van der Waals surface area contributed by atoms with Gasteiger partial charge in [-0.3, -0.25) is 0 Å². The van der Waals surface area contributed by atoms with Crippen LogP contribution in [0.25, 0.3) is 0 Å². The van der Waals surface area contributed by atoms with Crippen molar-refractivity contribution < 1.29 is 0 Å². The molecule has 1 aromatic rings. The molecule has 0 radical (unpaired) electrons. The summed E-state index contributed by atoms with van der Waals surface area (Å²) in [4.78, 5) is 5.15. The van der Waals surface area contributed by atoms with E-state index in [9.17, 15) is 0 Å². The molecule has 3 heteroatoms. The van der Waals surface area contributed by atoms with Crippen LogP contribution in [0.15, 0.2) is 12.1 Å². The van der Waals surface area contributed by atoms with E-state index in [1.165, 1.54) is 22.5 Å². The maximum Gasteiger partial charge on any atom is 0.0638 e. The van der Waals surface area contributed by atoms with Crippen LogP contribution in [0.3, 0.4) is 0 Å². The van der Waals surface area contributed by atoms with E-state index in [-0.39, 0.29) is 0 Å². The second-order valence-corrected chi connectivity index (χ2v) is 5.54. The second kappa shape index (κ2) is 4.47. The second-order valence-electron chi connectivity index (χ2n) is 5.54. The van der Waals surface area contributed by atoms with Gasteiger partial charge < -0.3 is 15.1 Å². The van der Waals surface area contributed by atoms with E-state index in [1.54, 1.807) is 0 Å². The van der Waals surface area contributed by atoms with Gasteiger partial charge in [-0.1, -0.05) is 6.07 Å². The van der Waals surface area contributed by atoms with Gasteiger partial charge in [-0.05, 0) is 38.0 Å². The monoisotopic (exact) mass is 245 g/mol. The predicted molar refractivity (Wildman–Crippen MR) is 77.8 cm³/mol. The topological polar surface area (TPSA) is 18.5 Å². The molecule has 0 aliphatic carbocycles. The number of aryl methyl sites for hydroxylation is 2. The molecular formula is C15H23N3. The van der Waals surface area contributed by atoms with Gasteiger partial charge in [0.25, 0.3) is 0 Å². The third kappa shape index (κ3) is 1.77. The summed E-state index contributed by atoms with van der Waals surface area (Å²) in [6.07, 6.45) is 0. The van der Waals surface area contributed by atoms with Gasteiger partial charge in [0.2, 0.25) is 0 Å². The van der Waals surface area contributed by atoms with Crippen molar-refractivity contribution >= 4 is 11.4 Å². The quantitative estimate of drug-likeness (QED) is 0.815. The molecule has 1 saturated heterocycles. The zero-order valence-electron chi connectivity index (χ0n) is 11.7. The molecule has 0 bridgehead atoms. The van der Waals surface area contributed by atoms with E-state index in [0.717, 1.165) is 32.7 Å². The molecule has 0 amide bonds. The van der Waals surface area contributed by atoms with Crippen LogP contribution in [0.2, 0.25) is 0 Å². The highest BCUT2D eigenvalue weighted by molar-refractivity contribution is 5.78. The summed E-state index contributed by atoms with van der Waals surface area (Å²) >= 11 is 0. The van der Waals surface area contributed by atoms with Crippen LogP contribution in [0.1, 0.15) is 18.1 Å². The fourth-order valence-corrected chi connectivity index (χ4v) is 3.42. The number of anilines is 2. The van der Waals surface area contributed by atoms with Crippen molar-refractivity contribution in [3.05, 3.63) is 23.3 Å². The molecule has 0 saturated carbocycles. The highest BCUT2D eigenvalue weighted by Gasteiger charge is 2.32. The lowest BCUT2D eigenvalue weighted by atomic mass is 9.99. The average Bonchev–Trinajstić information content (AvgIpc) is 2.37. The predicted octanol–water partition coefficient (Wildman–Crippen LogP) is 1.92. The normalized spacial score (nSPS) is 22.7. The smallest absolute Gasteiger partial charge is 0.0638 e. The van der Waals surface area contributed by atoms with Crippen LogP contribution < -0.4 is 15.1 Å². The third-order valence-corrected chi connectivity index (χ3v) is 4.22. The Labute approximate surface area is 110 Å². The molecule has 98 valence electrons. The Bertz CT molecular complexity index is 455. The van der Waals surface area contributed by atoms with Crippen LogP contribution >= 0.6 is 0 Å². The molecule has 3 nitrogen and oxygen atoms in total. The summed E-state index contributed by atoms with van der Waals surface area (Å²) < 4.78 is 0. The number of piperazine rings is 1. The van der Waals surface area contributed by atoms with Crippen molar-refractivity contribution in [3.8, 4) is 0 Å². The Balaban J connectivity index is 2.11. The number of benzene rings is 1. The molecule has 1 fully saturated rings. The van der Waals surface area contributed by atoms with E-state index in [2.05, 4.69) is 48.0 Å². The maximum atomic E-state index is 3.52. The van der Waals surface area contributed by atoms with Gasteiger partial charge in [-0.25, -0.2) is 0 Å². The summed E-state index contributed by atoms with van der Waals surface area (Å²) in [5.41, 5.74) is 5.71. The van der Waals surface area contributed by atoms with Crippen molar-refractivity contribution in [2.75, 3.05) is 42.5 Å². The Kier molecular flexibility index (Phi) is 2.94. The number of rotatable bonds is 1. The minimum absolute atomic E-state index is 0.632. The Morgan fingerprint density at radius 1 is 1.33 bits per heavy atom. The van der Waals surface area contributed by atoms with Gasteiger partial charge >= 0.3 is 0 Å². The molecular weight excluding hydrogens is 222 g/mol. The molecule has 2 aliphatic heterocycles. The molecule has 3 rings (SSSR count). The summed E-state index contributed by atoms with van der Waals surface area (Å²) in [5.74, 6) is 0. The molecule has 2 heterocycles. The van der Waals surface area contributed by atoms with Gasteiger partial charge in [0.05, 0.1) is 17.4 Å².